The lowest BCUT2D eigenvalue weighted by Crippen LogP contribution is -2.07. The van der Waals surface area contributed by atoms with Gasteiger partial charge in [0.05, 0.1) is 5.70 Å². The van der Waals surface area contributed by atoms with E-state index in [-0.39, 0.29) is 5.56 Å². The standard InChI is InChI=1S/C24H25F2N/c1-5-22(23(6-2)27-4)20-14-8-12-18(16-20)10-7-11-19-13-9-15-21(17-19)24(3,25)26/h2,5,8-9,12-17,27H,1,7,10-11H2,3-4H3/b23-22+. The van der Waals surface area contributed by atoms with Gasteiger partial charge < -0.3 is 5.32 Å². The third-order valence-electron chi connectivity index (χ3n) is 4.47. The second kappa shape index (κ2) is 9.19. The largest absolute Gasteiger partial charge is 0.381 e. The summed E-state index contributed by atoms with van der Waals surface area (Å²) in [5, 5.41) is 3.01. The summed E-state index contributed by atoms with van der Waals surface area (Å²) >= 11 is 0. The zero-order valence-electron chi connectivity index (χ0n) is 15.9. The monoisotopic (exact) mass is 365 g/mol. The number of allylic oxidation sites excluding steroid dienone is 3. The summed E-state index contributed by atoms with van der Waals surface area (Å²) < 4.78 is 26.9. The first-order valence-electron chi connectivity index (χ1n) is 8.96. The van der Waals surface area contributed by atoms with Crippen molar-refractivity contribution in [3.8, 4) is 12.3 Å². The summed E-state index contributed by atoms with van der Waals surface area (Å²) in [7, 11) is 1.79. The lowest BCUT2D eigenvalue weighted by Gasteiger charge is -2.12. The minimum Gasteiger partial charge on any atom is -0.381 e. The molecule has 2 aromatic rings. The molecule has 0 saturated heterocycles. The lowest BCUT2D eigenvalue weighted by atomic mass is 9.97. The van der Waals surface area contributed by atoms with E-state index in [4.69, 9.17) is 6.42 Å². The zero-order chi connectivity index (χ0) is 19.9. The van der Waals surface area contributed by atoms with Crippen LogP contribution in [0, 0.1) is 12.3 Å². The number of nitrogens with one attached hydrogen (secondary N) is 1. The highest BCUT2D eigenvalue weighted by molar-refractivity contribution is 5.78. The molecule has 0 atom stereocenters. The van der Waals surface area contributed by atoms with Crippen LogP contribution >= 0.6 is 0 Å². The Morgan fingerprint density at radius 2 is 1.78 bits per heavy atom. The average molecular weight is 365 g/mol. The maximum Gasteiger partial charge on any atom is 0.270 e. The molecule has 0 bridgehead atoms. The van der Waals surface area contributed by atoms with Crippen LogP contribution < -0.4 is 5.32 Å². The SMILES string of the molecule is C#C/C(NC)=C(/C=C)c1cccc(CCCc2cccc(C(C)(F)F)c2)c1. The van der Waals surface area contributed by atoms with E-state index in [1.807, 2.05) is 18.2 Å². The second-order valence-corrected chi connectivity index (χ2v) is 6.53. The van der Waals surface area contributed by atoms with Crippen molar-refractivity contribution in [1.29, 1.82) is 0 Å². The van der Waals surface area contributed by atoms with E-state index < -0.39 is 5.92 Å². The zero-order valence-corrected chi connectivity index (χ0v) is 15.9. The van der Waals surface area contributed by atoms with Crippen LogP contribution in [0.4, 0.5) is 8.78 Å². The van der Waals surface area contributed by atoms with Crippen molar-refractivity contribution in [2.75, 3.05) is 7.05 Å². The molecule has 0 heterocycles. The molecule has 0 unspecified atom stereocenters. The number of aryl methyl sites for hydroxylation is 2. The molecule has 2 aromatic carbocycles. The van der Waals surface area contributed by atoms with E-state index in [1.165, 1.54) is 11.6 Å². The maximum atomic E-state index is 13.5. The topological polar surface area (TPSA) is 12.0 Å². The van der Waals surface area contributed by atoms with Gasteiger partial charge in [-0.1, -0.05) is 61.0 Å². The van der Waals surface area contributed by atoms with Crippen LogP contribution in [-0.4, -0.2) is 7.05 Å². The van der Waals surface area contributed by atoms with Crippen molar-refractivity contribution in [2.24, 2.45) is 0 Å². The Morgan fingerprint density at radius 3 is 2.33 bits per heavy atom. The molecular formula is C24H25F2N. The van der Waals surface area contributed by atoms with Crippen molar-refractivity contribution in [3.05, 3.63) is 89.1 Å². The van der Waals surface area contributed by atoms with E-state index in [0.29, 0.717) is 5.70 Å². The average Bonchev–Trinajstić information content (AvgIpc) is 2.66. The van der Waals surface area contributed by atoms with Crippen LogP contribution in [0.2, 0.25) is 0 Å². The Balaban J connectivity index is 2.09. The molecule has 0 fully saturated rings. The molecule has 0 aliphatic heterocycles. The number of hydrogen-bond donors (Lipinski definition) is 1. The quantitative estimate of drug-likeness (QED) is 0.466. The fourth-order valence-corrected chi connectivity index (χ4v) is 3.04. The molecule has 27 heavy (non-hydrogen) atoms. The van der Waals surface area contributed by atoms with Crippen LogP contribution in [0.1, 0.15) is 35.6 Å². The summed E-state index contributed by atoms with van der Waals surface area (Å²) in [5.41, 5.74) is 4.77. The number of alkyl halides is 2. The highest BCUT2D eigenvalue weighted by atomic mass is 19.3. The van der Waals surface area contributed by atoms with E-state index in [1.54, 1.807) is 25.3 Å². The molecule has 140 valence electrons. The van der Waals surface area contributed by atoms with Gasteiger partial charge in [0.1, 0.15) is 0 Å². The molecular weight excluding hydrogens is 340 g/mol. The summed E-state index contributed by atoms with van der Waals surface area (Å²) in [4.78, 5) is 0. The van der Waals surface area contributed by atoms with Gasteiger partial charge in [0.15, 0.2) is 0 Å². The number of rotatable bonds is 8. The molecule has 0 aliphatic carbocycles. The van der Waals surface area contributed by atoms with E-state index in [9.17, 15) is 8.78 Å². The molecule has 0 saturated carbocycles. The van der Waals surface area contributed by atoms with Crippen molar-refractivity contribution in [2.45, 2.75) is 32.1 Å². The third-order valence-corrected chi connectivity index (χ3v) is 4.47. The van der Waals surface area contributed by atoms with Gasteiger partial charge in [-0.25, -0.2) is 8.78 Å². The van der Waals surface area contributed by atoms with Gasteiger partial charge in [-0.3, -0.25) is 0 Å². The van der Waals surface area contributed by atoms with Crippen LogP contribution in [0.5, 0.6) is 0 Å². The van der Waals surface area contributed by atoms with E-state index in [0.717, 1.165) is 42.9 Å². The van der Waals surface area contributed by atoms with Crippen LogP contribution in [0.25, 0.3) is 5.57 Å². The number of benzene rings is 2. The minimum absolute atomic E-state index is 0.0663. The van der Waals surface area contributed by atoms with Gasteiger partial charge in [-0.05, 0) is 42.0 Å². The van der Waals surface area contributed by atoms with Gasteiger partial charge in [0.25, 0.3) is 5.92 Å². The van der Waals surface area contributed by atoms with Crippen molar-refractivity contribution in [1.82, 2.24) is 5.32 Å². The Kier molecular flexibility index (Phi) is 6.96. The van der Waals surface area contributed by atoms with Gasteiger partial charge in [0.2, 0.25) is 0 Å². The van der Waals surface area contributed by atoms with Crippen molar-refractivity contribution < 1.29 is 8.78 Å². The maximum absolute atomic E-state index is 13.5. The lowest BCUT2D eigenvalue weighted by molar-refractivity contribution is 0.0174. The third kappa shape index (κ3) is 5.56. The molecule has 3 heteroatoms. The highest BCUT2D eigenvalue weighted by Crippen LogP contribution is 2.27. The molecule has 0 aromatic heterocycles. The molecule has 0 amide bonds. The number of halogens is 2. The smallest absolute Gasteiger partial charge is 0.270 e. The highest BCUT2D eigenvalue weighted by Gasteiger charge is 2.23. The van der Waals surface area contributed by atoms with Gasteiger partial charge >= 0.3 is 0 Å². The predicted octanol–water partition coefficient (Wildman–Crippen LogP) is 5.72. The summed E-state index contributed by atoms with van der Waals surface area (Å²) in [6, 6.07) is 14.8. The molecule has 0 radical (unpaired) electrons. The first-order valence-corrected chi connectivity index (χ1v) is 8.96. The van der Waals surface area contributed by atoms with Crippen LogP contribution in [0.15, 0.2) is 66.9 Å². The van der Waals surface area contributed by atoms with Crippen LogP contribution in [0.3, 0.4) is 0 Å². The summed E-state index contributed by atoms with van der Waals surface area (Å²) in [6.07, 6.45) is 9.79. The number of terminal acetylenes is 1. The van der Waals surface area contributed by atoms with Crippen molar-refractivity contribution in [3.63, 3.8) is 0 Å². The Morgan fingerprint density at radius 1 is 1.15 bits per heavy atom. The van der Waals surface area contributed by atoms with E-state index in [2.05, 4.69) is 29.9 Å². The fourth-order valence-electron chi connectivity index (χ4n) is 3.04. The Bertz CT molecular complexity index is 866. The summed E-state index contributed by atoms with van der Waals surface area (Å²) in [5.74, 6) is -0.167. The Labute approximate surface area is 160 Å². The first-order chi connectivity index (χ1) is 12.9. The van der Waals surface area contributed by atoms with Crippen LogP contribution in [-0.2, 0) is 18.8 Å². The summed E-state index contributed by atoms with van der Waals surface area (Å²) in [6.45, 7) is 4.79. The Hall–Kier alpha value is -2.86. The molecule has 1 N–H and O–H groups in total. The minimum atomic E-state index is -2.81. The van der Waals surface area contributed by atoms with Gasteiger partial charge in [-0.2, -0.15) is 0 Å². The fraction of sp³-hybridized carbons (Fsp3) is 0.250. The molecule has 1 nitrogen and oxygen atoms in total. The van der Waals surface area contributed by atoms with E-state index >= 15 is 0 Å². The first kappa shape index (κ1) is 20.5. The second-order valence-electron chi connectivity index (χ2n) is 6.53. The van der Waals surface area contributed by atoms with Crippen molar-refractivity contribution >= 4 is 5.57 Å². The normalized spacial score (nSPS) is 12.1. The van der Waals surface area contributed by atoms with Gasteiger partial charge in [0, 0.05) is 25.1 Å². The van der Waals surface area contributed by atoms with Gasteiger partial charge in [-0.15, -0.1) is 6.42 Å². The predicted molar refractivity (Wildman–Crippen MR) is 109 cm³/mol. The molecule has 2 rings (SSSR count). The molecule has 0 spiro atoms. The number of hydrogen-bond acceptors (Lipinski definition) is 1. The molecule has 0 aliphatic rings.